The average molecular weight is 638 g/mol. The first-order valence-corrected chi connectivity index (χ1v) is 13.8. The number of hydrogen-bond acceptors (Lipinski definition) is 7. The van der Waals surface area contributed by atoms with Crippen molar-refractivity contribution in [1.82, 2.24) is 10.9 Å². The Morgan fingerprint density at radius 1 is 1.09 bits per heavy atom. The molecule has 4 rings (SSSR count). The Labute approximate surface area is 256 Å². The predicted octanol–water partition coefficient (Wildman–Crippen LogP) is 6.31. The van der Waals surface area contributed by atoms with Gasteiger partial charge in [-0.3, -0.25) is 10.2 Å². The van der Waals surface area contributed by atoms with E-state index in [1.54, 1.807) is 48.5 Å². The summed E-state index contributed by atoms with van der Waals surface area (Å²) < 4.78 is 53.1. The van der Waals surface area contributed by atoms with Gasteiger partial charge in [0.05, 0.1) is 6.61 Å². The van der Waals surface area contributed by atoms with E-state index in [2.05, 4.69) is 22.2 Å². The monoisotopic (exact) mass is 637 g/mol. The molecule has 0 fully saturated rings. The van der Waals surface area contributed by atoms with Gasteiger partial charge in [-0.05, 0) is 54.1 Å². The average Bonchev–Trinajstić information content (AvgIpc) is 3.34. The first kappa shape index (κ1) is 32.2. The van der Waals surface area contributed by atoms with Crippen molar-refractivity contribution in [2.45, 2.75) is 37.4 Å². The highest BCUT2D eigenvalue weighted by atomic mass is 35.5. The summed E-state index contributed by atoms with van der Waals surface area (Å²) in [7, 11) is 0. The Bertz CT molecular complexity index is 1450. The molecule has 3 N–H and O–H groups in total. The number of rotatable bonds is 13. The molecule has 1 amide bonds. The van der Waals surface area contributed by atoms with E-state index in [0.29, 0.717) is 40.5 Å². The molecule has 0 saturated heterocycles. The van der Waals surface area contributed by atoms with Crippen LogP contribution in [0.4, 0.5) is 13.2 Å². The lowest BCUT2D eigenvalue weighted by molar-refractivity contribution is -0.274. The number of nitrogens with zero attached hydrogens (tertiary/aromatic N) is 1. The number of aliphatic hydroxyl groups is 1. The molecule has 3 aromatic rings. The van der Waals surface area contributed by atoms with Gasteiger partial charge >= 0.3 is 6.36 Å². The quantitative estimate of drug-likeness (QED) is 0.115. The smallest absolute Gasteiger partial charge is 0.494 e. The van der Waals surface area contributed by atoms with Crippen molar-refractivity contribution in [3.63, 3.8) is 0 Å². The van der Waals surface area contributed by atoms with Gasteiger partial charge in [-0.15, -0.1) is 19.8 Å². The third kappa shape index (κ3) is 8.20. The number of hydrazine groups is 1. The molecule has 1 aliphatic heterocycles. The van der Waals surface area contributed by atoms with Gasteiger partial charge in [-0.25, -0.2) is 10.4 Å². The molecule has 3 aromatic carbocycles. The molecule has 0 unspecified atom stereocenters. The highest BCUT2D eigenvalue weighted by Crippen LogP contribution is 2.45. The van der Waals surface area contributed by atoms with E-state index < -0.39 is 23.9 Å². The molecule has 0 aromatic heterocycles. The fourth-order valence-corrected chi connectivity index (χ4v) is 4.88. The van der Waals surface area contributed by atoms with Gasteiger partial charge in [0.2, 0.25) is 5.90 Å². The number of aliphatic imine (C=N–C) groups is 1. The molecular weight excluding hydrogens is 610 g/mol. The van der Waals surface area contributed by atoms with Crippen molar-refractivity contribution < 1.29 is 37.3 Å². The SMILES string of the molecule is C=CC[C@]1(C(=O)NNCc2ccc(OC(F)(F)F)cc2)N=C(c2ccc(OCCCO)cc2)O[C@H]1c1ccc(Cl)cc1Cl. The van der Waals surface area contributed by atoms with E-state index in [9.17, 15) is 18.0 Å². The zero-order valence-corrected chi connectivity index (χ0v) is 24.2. The lowest BCUT2D eigenvalue weighted by Gasteiger charge is -2.30. The Kier molecular flexibility index (Phi) is 10.6. The number of alkyl halides is 3. The van der Waals surface area contributed by atoms with Gasteiger partial charge < -0.3 is 19.3 Å². The van der Waals surface area contributed by atoms with Crippen LogP contribution in [0.3, 0.4) is 0 Å². The van der Waals surface area contributed by atoms with Crippen molar-refractivity contribution in [1.29, 1.82) is 0 Å². The number of hydrogen-bond donors (Lipinski definition) is 3. The molecule has 0 saturated carbocycles. The maximum atomic E-state index is 13.8. The number of nitrogens with one attached hydrogen (secondary N) is 2. The molecule has 0 spiro atoms. The van der Waals surface area contributed by atoms with Crippen molar-refractivity contribution in [3.05, 3.63) is 106 Å². The molecule has 0 radical (unpaired) electrons. The Balaban J connectivity index is 1.58. The molecular formula is C30H28Cl2F3N3O5. The summed E-state index contributed by atoms with van der Waals surface area (Å²) in [6.07, 6.45) is -3.66. The number of aliphatic hydroxyl groups excluding tert-OH is 1. The van der Waals surface area contributed by atoms with Gasteiger partial charge in [0.25, 0.3) is 5.91 Å². The van der Waals surface area contributed by atoms with Crippen LogP contribution in [0.5, 0.6) is 11.5 Å². The highest BCUT2D eigenvalue weighted by Gasteiger charge is 2.53. The molecule has 1 aliphatic rings. The third-order valence-electron chi connectivity index (χ3n) is 6.38. The number of carbonyl (C=O) groups is 1. The molecule has 0 aliphatic carbocycles. The maximum absolute atomic E-state index is 13.8. The Hall–Kier alpha value is -3.77. The summed E-state index contributed by atoms with van der Waals surface area (Å²) in [6, 6.07) is 17.0. The number of carbonyl (C=O) groups excluding carboxylic acids is 1. The van der Waals surface area contributed by atoms with Crippen LogP contribution in [0.15, 0.2) is 84.4 Å². The lowest BCUT2D eigenvalue weighted by atomic mass is 9.84. The molecule has 2 atom stereocenters. The van der Waals surface area contributed by atoms with Crippen LogP contribution < -0.4 is 20.3 Å². The zero-order chi connectivity index (χ0) is 31.0. The van der Waals surface area contributed by atoms with Crippen LogP contribution in [0.2, 0.25) is 10.0 Å². The molecule has 43 heavy (non-hydrogen) atoms. The van der Waals surface area contributed by atoms with E-state index in [4.69, 9.17) is 42.8 Å². The third-order valence-corrected chi connectivity index (χ3v) is 6.94. The van der Waals surface area contributed by atoms with Crippen LogP contribution in [-0.4, -0.2) is 42.0 Å². The van der Waals surface area contributed by atoms with Crippen molar-refractivity contribution >= 4 is 35.0 Å². The van der Waals surface area contributed by atoms with Crippen molar-refractivity contribution in [2.75, 3.05) is 13.2 Å². The summed E-state index contributed by atoms with van der Waals surface area (Å²) in [5, 5.41) is 9.64. The van der Waals surface area contributed by atoms with Gasteiger partial charge in [0.15, 0.2) is 11.6 Å². The Morgan fingerprint density at radius 3 is 2.42 bits per heavy atom. The number of halogens is 5. The van der Waals surface area contributed by atoms with Crippen LogP contribution >= 0.6 is 23.2 Å². The highest BCUT2D eigenvalue weighted by molar-refractivity contribution is 6.35. The summed E-state index contributed by atoms with van der Waals surface area (Å²) in [4.78, 5) is 18.6. The van der Waals surface area contributed by atoms with Gasteiger partial charge in [0, 0.05) is 47.2 Å². The summed E-state index contributed by atoms with van der Waals surface area (Å²) >= 11 is 12.7. The zero-order valence-electron chi connectivity index (χ0n) is 22.7. The summed E-state index contributed by atoms with van der Waals surface area (Å²) in [5.41, 5.74) is 5.55. The van der Waals surface area contributed by atoms with Gasteiger partial charge in [-0.1, -0.05) is 47.5 Å². The van der Waals surface area contributed by atoms with Crippen molar-refractivity contribution in [3.8, 4) is 11.5 Å². The standard InChI is InChI=1S/C30H28Cl2F3N3O5/c1-2-14-29(28(40)38-36-18-19-4-9-23(10-5-19)43-30(33,34)35)26(24-13-8-21(31)17-25(24)32)42-27(37-29)20-6-11-22(12-7-20)41-16-3-15-39/h2,4-13,17,26,36,39H,1,3,14-16,18H2,(H,38,40)/t26-,29-/m0/s1. The van der Waals surface area contributed by atoms with E-state index in [0.717, 1.165) is 0 Å². The number of benzene rings is 3. The Morgan fingerprint density at radius 2 is 1.79 bits per heavy atom. The first-order valence-electron chi connectivity index (χ1n) is 13.1. The van der Waals surface area contributed by atoms with Crippen molar-refractivity contribution in [2.24, 2.45) is 4.99 Å². The molecule has 1 heterocycles. The van der Waals surface area contributed by atoms with E-state index in [1.165, 1.54) is 24.3 Å². The summed E-state index contributed by atoms with van der Waals surface area (Å²) in [6.45, 7) is 4.27. The second-order valence-corrected chi connectivity index (χ2v) is 10.3. The predicted molar refractivity (Wildman–Crippen MR) is 156 cm³/mol. The number of amides is 1. The molecule has 13 heteroatoms. The second kappa shape index (κ2) is 14.1. The lowest BCUT2D eigenvalue weighted by Crippen LogP contribution is -2.52. The van der Waals surface area contributed by atoms with E-state index in [-0.39, 0.29) is 36.2 Å². The molecule has 8 nitrogen and oxygen atoms in total. The second-order valence-electron chi connectivity index (χ2n) is 9.45. The molecule has 228 valence electrons. The largest absolute Gasteiger partial charge is 0.573 e. The van der Waals surface area contributed by atoms with E-state index >= 15 is 0 Å². The van der Waals surface area contributed by atoms with E-state index in [1.807, 2.05) is 0 Å². The normalized spacial score (nSPS) is 18.0. The number of ether oxygens (including phenoxy) is 3. The fraction of sp³-hybridized carbons (Fsp3) is 0.267. The van der Waals surface area contributed by atoms with Crippen LogP contribution in [-0.2, 0) is 16.1 Å². The maximum Gasteiger partial charge on any atom is 0.573 e. The minimum atomic E-state index is -4.80. The van der Waals surface area contributed by atoms with Crippen LogP contribution in [0.1, 0.15) is 35.6 Å². The first-order chi connectivity index (χ1) is 20.5. The van der Waals surface area contributed by atoms with Gasteiger partial charge in [0.1, 0.15) is 11.5 Å². The minimum absolute atomic E-state index is 0.0167. The molecule has 0 bridgehead atoms. The fourth-order valence-electron chi connectivity index (χ4n) is 4.37. The van der Waals surface area contributed by atoms with Crippen LogP contribution in [0, 0.1) is 0 Å². The topological polar surface area (TPSA) is 101 Å². The van der Waals surface area contributed by atoms with Crippen LogP contribution in [0.25, 0.3) is 0 Å². The minimum Gasteiger partial charge on any atom is -0.494 e. The van der Waals surface area contributed by atoms with Gasteiger partial charge in [-0.2, -0.15) is 0 Å². The summed E-state index contributed by atoms with van der Waals surface area (Å²) in [5.74, 6) is -0.136.